The topological polar surface area (TPSA) is 65.0 Å². The molecule has 0 amide bonds. The van der Waals surface area contributed by atoms with Gasteiger partial charge in [0.25, 0.3) is 0 Å². The molecular weight excluding hydrogens is 723 g/mol. The van der Waals surface area contributed by atoms with E-state index in [4.69, 9.17) is 13.8 Å². The van der Waals surface area contributed by atoms with Gasteiger partial charge in [-0.25, -0.2) is 4.98 Å². The van der Waals surface area contributed by atoms with Crippen molar-refractivity contribution in [1.82, 2.24) is 15.0 Å². The summed E-state index contributed by atoms with van der Waals surface area (Å²) >= 11 is 0. The molecule has 8 rings (SSSR count). The molecule has 217 valence electrons. The van der Waals surface area contributed by atoms with Crippen molar-refractivity contribution < 1.29 is 28.9 Å². The normalized spacial score (nSPS) is 11.0. The molecule has 0 N–H and O–H groups in total. The number of benzene rings is 4. The Morgan fingerprint density at radius 3 is 2.25 bits per heavy atom. The van der Waals surface area contributed by atoms with Gasteiger partial charge in [-0.05, 0) is 47.6 Å². The minimum atomic E-state index is 0. The van der Waals surface area contributed by atoms with Crippen molar-refractivity contribution in [2.75, 3.05) is 0 Å². The maximum Gasteiger partial charge on any atom is 0.227 e. The number of rotatable bonds is 4. The van der Waals surface area contributed by atoms with Crippen LogP contribution in [0, 0.1) is 12.1 Å². The predicted molar refractivity (Wildman–Crippen MR) is 171 cm³/mol. The van der Waals surface area contributed by atoms with Gasteiger partial charge in [0, 0.05) is 49.5 Å². The molecule has 0 aliphatic rings. The molecule has 0 atom stereocenters. The Bertz CT molecular complexity index is 2120. The molecule has 0 unspecified atom stereocenters. The van der Waals surface area contributed by atoms with Crippen molar-refractivity contribution in [3.63, 3.8) is 0 Å². The summed E-state index contributed by atoms with van der Waals surface area (Å²) in [5, 5.41) is 2.03. The fourth-order valence-corrected chi connectivity index (χ4v) is 5.07. The first kappa shape index (κ1) is 29.2. The molecule has 4 aromatic heterocycles. The summed E-state index contributed by atoms with van der Waals surface area (Å²) in [6.45, 7) is 4.35. The number of nitrogens with zero attached hydrogens (tertiary/aromatic N) is 3. The van der Waals surface area contributed by atoms with Crippen molar-refractivity contribution in [3.8, 4) is 34.0 Å². The van der Waals surface area contributed by atoms with Crippen molar-refractivity contribution in [1.29, 1.82) is 0 Å². The molecule has 8 aromatic rings. The smallest absolute Gasteiger partial charge is 0.227 e. The van der Waals surface area contributed by atoms with Gasteiger partial charge in [-0.2, -0.15) is 0 Å². The second-order valence-corrected chi connectivity index (χ2v) is 10.5. The van der Waals surface area contributed by atoms with Crippen LogP contribution in [0.15, 0.2) is 130 Å². The van der Waals surface area contributed by atoms with E-state index in [2.05, 4.69) is 48.1 Å². The van der Waals surface area contributed by atoms with Gasteiger partial charge >= 0.3 is 0 Å². The van der Waals surface area contributed by atoms with E-state index in [1.54, 1.807) is 6.20 Å². The van der Waals surface area contributed by atoms with Gasteiger partial charge in [0.1, 0.15) is 11.1 Å². The summed E-state index contributed by atoms with van der Waals surface area (Å²) in [7, 11) is 0. The van der Waals surface area contributed by atoms with Crippen LogP contribution in [0.2, 0.25) is 0 Å². The SMILES string of the molecule is CC(C)c1ccnc(-c2[c-]ccc3c2oc2cc4oc(-c5ccccc5)nc4cc23)c1.[Ir].[c-]1ccccc1-c1ccccn1. The van der Waals surface area contributed by atoms with Crippen molar-refractivity contribution in [3.05, 3.63) is 139 Å². The Hall–Kier alpha value is -4.90. The largest absolute Gasteiger partial charge is 0.500 e. The van der Waals surface area contributed by atoms with Crippen LogP contribution in [0.3, 0.4) is 0 Å². The van der Waals surface area contributed by atoms with E-state index >= 15 is 0 Å². The third-order valence-electron chi connectivity index (χ3n) is 7.32. The van der Waals surface area contributed by atoms with Crippen LogP contribution in [-0.4, -0.2) is 15.0 Å². The van der Waals surface area contributed by atoms with Gasteiger partial charge in [0.2, 0.25) is 5.89 Å². The molecule has 0 saturated heterocycles. The summed E-state index contributed by atoms with van der Waals surface area (Å²) in [6.07, 6.45) is 3.64. The molecule has 5 nitrogen and oxygen atoms in total. The molecule has 0 aliphatic heterocycles. The average Bonchev–Trinajstić information content (AvgIpc) is 3.66. The van der Waals surface area contributed by atoms with E-state index < -0.39 is 0 Å². The van der Waals surface area contributed by atoms with Gasteiger partial charge in [0.05, 0.1) is 5.58 Å². The molecule has 44 heavy (non-hydrogen) atoms. The maximum absolute atomic E-state index is 6.30. The van der Waals surface area contributed by atoms with Gasteiger partial charge in [-0.1, -0.05) is 66.8 Å². The van der Waals surface area contributed by atoms with E-state index in [0.717, 1.165) is 55.5 Å². The first-order valence-electron chi connectivity index (χ1n) is 14.2. The van der Waals surface area contributed by atoms with Crippen LogP contribution in [0.1, 0.15) is 25.3 Å². The molecule has 4 aromatic carbocycles. The number of hydrogen-bond acceptors (Lipinski definition) is 5. The second kappa shape index (κ2) is 12.8. The van der Waals surface area contributed by atoms with Crippen molar-refractivity contribution in [2.24, 2.45) is 0 Å². The molecule has 0 saturated carbocycles. The van der Waals surface area contributed by atoms with Crippen LogP contribution in [0.25, 0.3) is 67.0 Å². The van der Waals surface area contributed by atoms with E-state index in [1.807, 2.05) is 103 Å². The number of hydrogen-bond donors (Lipinski definition) is 0. The Kier molecular flexibility index (Phi) is 8.47. The van der Waals surface area contributed by atoms with Crippen LogP contribution in [-0.2, 0) is 20.1 Å². The van der Waals surface area contributed by atoms with Gasteiger partial charge in [-0.3, -0.25) is 0 Å². The monoisotopic (exact) mass is 750 g/mol. The van der Waals surface area contributed by atoms with Gasteiger partial charge in [0.15, 0.2) is 5.58 Å². The summed E-state index contributed by atoms with van der Waals surface area (Å²) in [6, 6.07) is 42.1. The van der Waals surface area contributed by atoms with Crippen LogP contribution in [0.5, 0.6) is 0 Å². The molecule has 0 aliphatic carbocycles. The number of pyridine rings is 2. The summed E-state index contributed by atoms with van der Waals surface area (Å²) < 4.78 is 12.3. The Labute approximate surface area is 269 Å². The van der Waals surface area contributed by atoms with Crippen LogP contribution < -0.4 is 0 Å². The van der Waals surface area contributed by atoms with E-state index in [9.17, 15) is 0 Å². The quantitative estimate of drug-likeness (QED) is 0.168. The first-order chi connectivity index (χ1) is 21.1. The number of aromatic nitrogens is 3. The van der Waals surface area contributed by atoms with Gasteiger partial charge in [-0.15, -0.1) is 54.1 Å². The number of furan rings is 1. The minimum Gasteiger partial charge on any atom is -0.500 e. The molecule has 6 heteroatoms. The van der Waals surface area contributed by atoms with E-state index in [0.29, 0.717) is 17.4 Å². The van der Waals surface area contributed by atoms with Crippen molar-refractivity contribution in [2.45, 2.75) is 19.8 Å². The van der Waals surface area contributed by atoms with Crippen LogP contribution in [0.4, 0.5) is 0 Å². The third kappa shape index (κ3) is 5.83. The fraction of sp³-hybridized carbons (Fsp3) is 0.0789. The van der Waals surface area contributed by atoms with Gasteiger partial charge < -0.3 is 18.8 Å². The van der Waals surface area contributed by atoms with E-state index in [1.165, 1.54) is 5.56 Å². The molecule has 0 bridgehead atoms. The zero-order chi connectivity index (χ0) is 29.2. The first-order valence-corrected chi connectivity index (χ1v) is 14.2. The standard InChI is InChI=1S/C27H19N2O2.C11H8N.Ir/c1-16(2)18-11-12-28-22(13-18)20-10-6-9-19-21-14-23-25(15-24(21)30-26(19)20)31-27(29-23)17-7-4-3-5-8-17;1-2-6-10(7-3-1)11-8-4-5-9-12-11;/h3-9,11-16H,1-2H3;1-6,8-9H;/q2*-1;. The summed E-state index contributed by atoms with van der Waals surface area (Å²) in [5.74, 6) is 1.03. The summed E-state index contributed by atoms with van der Waals surface area (Å²) in [5.41, 5.74) is 8.99. The Morgan fingerprint density at radius 2 is 1.48 bits per heavy atom. The Morgan fingerprint density at radius 1 is 0.659 bits per heavy atom. The second-order valence-electron chi connectivity index (χ2n) is 10.5. The zero-order valence-corrected chi connectivity index (χ0v) is 26.5. The minimum absolute atomic E-state index is 0. The molecule has 0 fully saturated rings. The van der Waals surface area contributed by atoms with Crippen LogP contribution >= 0.6 is 0 Å². The van der Waals surface area contributed by atoms with Crippen molar-refractivity contribution >= 4 is 33.0 Å². The molecule has 1 radical (unpaired) electrons. The fourth-order valence-electron chi connectivity index (χ4n) is 5.07. The maximum atomic E-state index is 6.30. The Balaban J connectivity index is 0.000000222. The number of oxazole rings is 1. The predicted octanol–water partition coefficient (Wildman–Crippen LogP) is 9.93. The zero-order valence-electron chi connectivity index (χ0n) is 24.1. The number of fused-ring (bicyclic) bond motifs is 4. The van der Waals surface area contributed by atoms with E-state index in [-0.39, 0.29) is 20.1 Å². The molecular formula is C38H27IrN3O2-2. The molecule has 0 spiro atoms. The molecule has 4 heterocycles. The average molecular weight is 750 g/mol. The summed E-state index contributed by atoms with van der Waals surface area (Å²) in [4.78, 5) is 13.5. The third-order valence-corrected chi connectivity index (χ3v) is 7.32.